The van der Waals surface area contributed by atoms with Crippen molar-refractivity contribution in [3.8, 4) is 17.4 Å². The van der Waals surface area contributed by atoms with Crippen molar-refractivity contribution < 1.29 is 14.3 Å². The Balaban J connectivity index is 1.81. The van der Waals surface area contributed by atoms with Gasteiger partial charge < -0.3 is 20.1 Å². The molecule has 7 nitrogen and oxygen atoms in total. The zero-order valence-electron chi connectivity index (χ0n) is 26.1. The molecule has 0 unspecified atom stereocenters. The Kier molecular flexibility index (Phi) is 10.9. The number of amides is 1. The third kappa shape index (κ3) is 8.56. The molecular weight excluding hydrogens is 512 g/mol. The van der Waals surface area contributed by atoms with Gasteiger partial charge in [0.15, 0.2) is 0 Å². The summed E-state index contributed by atoms with van der Waals surface area (Å²) in [6.07, 6.45) is 7.91. The zero-order chi connectivity index (χ0) is 30.2. The van der Waals surface area contributed by atoms with Crippen LogP contribution in [0.5, 0.6) is 17.4 Å². The van der Waals surface area contributed by atoms with E-state index in [-0.39, 0.29) is 11.3 Å². The lowest BCUT2D eigenvalue weighted by molar-refractivity contribution is -0.112. The number of nitrogens with zero attached hydrogens (tertiary/aromatic N) is 2. The van der Waals surface area contributed by atoms with Crippen molar-refractivity contribution in [2.24, 2.45) is 0 Å². The number of anilines is 2. The average Bonchev–Trinajstić information content (AvgIpc) is 2.90. The first-order chi connectivity index (χ1) is 19.5. The lowest BCUT2D eigenvalue weighted by atomic mass is 9.85. The van der Waals surface area contributed by atoms with E-state index >= 15 is 0 Å². The molecule has 0 aliphatic rings. The predicted octanol–water partition coefficient (Wildman–Crippen LogP) is 8.61. The van der Waals surface area contributed by atoms with Gasteiger partial charge in [-0.05, 0) is 79.5 Å². The highest BCUT2D eigenvalue weighted by Crippen LogP contribution is 2.35. The second-order valence-electron chi connectivity index (χ2n) is 11.6. The first-order valence-corrected chi connectivity index (χ1v) is 14.5. The summed E-state index contributed by atoms with van der Waals surface area (Å²) in [5.41, 5.74) is 5.07. The highest BCUT2D eigenvalue weighted by Gasteiger charge is 2.20. The number of nitrogens with one attached hydrogen (secondary N) is 2. The maximum atomic E-state index is 13.3. The third-order valence-corrected chi connectivity index (χ3v) is 7.10. The molecule has 0 saturated carbocycles. The van der Waals surface area contributed by atoms with Crippen molar-refractivity contribution in [3.05, 3.63) is 70.4 Å². The fourth-order valence-corrected chi connectivity index (χ4v) is 4.74. The molecule has 0 aliphatic carbocycles. The number of benzene rings is 2. The normalized spacial score (nSPS) is 11.9. The number of carbonyl (C=O) groups is 1. The van der Waals surface area contributed by atoms with E-state index in [0.29, 0.717) is 40.6 Å². The molecule has 2 N–H and O–H groups in total. The number of rotatable bonds is 12. The van der Waals surface area contributed by atoms with Crippen LogP contribution < -0.4 is 20.1 Å². The number of hydrogen-bond acceptors (Lipinski definition) is 6. The summed E-state index contributed by atoms with van der Waals surface area (Å²) < 4.78 is 11.8. The molecule has 3 rings (SSSR count). The van der Waals surface area contributed by atoms with Crippen LogP contribution in [-0.2, 0) is 10.2 Å². The van der Waals surface area contributed by atoms with Crippen molar-refractivity contribution in [2.75, 3.05) is 17.7 Å². The molecule has 0 spiro atoms. The Morgan fingerprint density at radius 3 is 2.41 bits per heavy atom. The number of methoxy groups -OCH3 is 1. The van der Waals surface area contributed by atoms with Crippen molar-refractivity contribution in [1.29, 1.82) is 0 Å². The van der Waals surface area contributed by atoms with Gasteiger partial charge in [0.25, 0.3) is 5.91 Å². The van der Waals surface area contributed by atoms with Crippen LogP contribution >= 0.6 is 0 Å². The van der Waals surface area contributed by atoms with Crippen LogP contribution in [0.4, 0.5) is 11.6 Å². The Hall–Kier alpha value is -3.87. The molecule has 0 saturated heterocycles. The Bertz CT molecular complexity index is 1370. The maximum absolute atomic E-state index is 13.3. The number of carbonyl (C=O) groups excluding carboxylic acids is 1. The van der Waals surface area contributed by atoms with E-state index in [2.05, 4.69) is 61.3 Å². The SMILES string of the molecule is CCCC(CCC)Nc1nccc(Oc2cccc(/C=C(\C)C(=O)Nc3cc(C(C)(C)C)cc(C)c3OC)c2C)n1. The van der Waals surface area contributed by atoms with Gasteiger partial charge in [0.05, 0.1) is 12.8 Å². The first-order valence-electron chi connectivity index (χ1n) is 14.5. The van der Waals surface area contributed by atoms with Crippen LogP contribution in [0.15, 0.2) is 48.2 Å². The van der Waals surface area contributed by atoms with Crippen molar-refractivity contribution in [1.82, 2.24) is 9.97 Å². The minimum atomic E-state index is -0.195. The van der Waals surface area contributed by atoms with Gasteiger partial charge in [-0.1, -0.05) is 65.7 Å². The molecule has 0 atom stereocenters. The van der Waals surface area contributed by atoms with Gasteiger partial charge in [0.2, 0.25) is 11.8 Å². The van der Waals surface area contributed by atoms with Crippen LogP contribution in [0.2, 0.25) is 0 Å². The summed E-state index contributed by atoms with van der Waals surface area (Å²) in [6, 6.07) is 12.0. The molecule has 2 aromatic carbocycles. The van der Waals surface area contributed by atoms with Gasteiger partial charge in [0.1, 0.15) is 11.5 Å². The van der Waals surface area contributed by atoms with E-state index in [1.165, 1.54) is 0 Å². The second kappa shape index (κ2) is 14.2. The molecule has 220 valence electrons. The monoisotopic (exact) mass is 558 g/mol. The van der Waals surface area contributed by atoms with Gasteiger partial charge in [-0.2, -0.15) is 4.98 Å². The molecular formula is C34H46N4O3. The third-order valence-electron chi connectivity index (χ3n) is 7.10. The van der Waals surface area contributed by atoms with Crippen LogP contribution in [0, 0.1) is 13.8 Å². The van der Waals surface area contributed by atoms with E-state index < -0.39 is 0 Å². The van der Waals surface area contributed by atoms with Crippen molar-refractivity contribution >= 4 is 23.6 Å². The van der Waals surface area contributed by atoms with Crippen molar-refractivity contribution in [3.63, 3.8) is 0 Å². The number of aromatic nitrogens is 2. The minimum Gasteiger partial charge on any atom is -0.494 e. The first kappa shape index (κ1) is 31.7. The molecule has 0 bridgehead atoms. The van der Waals surface area contributed by atoms with Crippen LogP contribution in [-0.4, -0.2) is 29.0 Å². The minimum absolute atomic E-state index is 0.0633. The summed E-state index contributed by atoms with van der Waals surface area (Å²) in [5, 5.41) is 6.51. The summed E-state index contributed by atoms with van der Waals surface area (Å²) in [5.74, 6) is 2.18. The molecule has 0 aliphatic heterocycles. The Morgan fingerprint density at radius 1 is 1.07 bits per heavy atom. The van der Waals surface area contributed by atoms with Gasteiger partial charge in [-0.25, -0.2) is 4.98 Å². The van der Waals surface area contributed by atoms with Crippen LogP contribution in [0.3, 0.4) is 0 Å². The van der Waals surface area contributed by atoms with Gasteiger partial charge in [-0.3, -0.25) is 4.79 Å². The maximum Gasteiger partial charge on any atom is 0.251 e. The standard InChI is InChI=1S/C34H46N4O3/c1-10-13-27(14-11-2)36-33-35-18-17-30(38-33)41-29-16-12-15-25(24(29)5)19-23(4)32(39)37-28-21-26(34(6,7)8)20-22(3)31(28)40-9/h12,15-21,27H,10-11,13-14H2,1-9H3,(H,37,39)(H,35,36,38)/b23-19+. The molecule has 7 heteroatoms. The molecule has 1 heterocycles. The highest BCUT2D eigenvalue weighted by molar-refractivity contribution is 6.07. The Morgan fingerprint density at radius 2 is 1.78 bits per heavy atom. The van der Waals surface area contributed by atoms with E-state index in [4.69, 9.17) is 9.47 Å². The number of hydrogen-bond donors (Lipinski definition) is 2. The van der Waals surface area contributed by atoms with E-state index in [1.54, 1.807) is 26.3 Å². The summed E-state index contributed by atoms with van der Waals surface area (Å²) in [4.78, 5) is 22.3. The lowest BCUT2D eigenvalue weighted by Gasteiger charge is -2.23. The van der Waals surface area contributed by atoms with E-state index in [9.17, 15) is 4.79 Å². The average molecular weight is 559 g/mol. The number of ether oxygens (including phenoxy) is 2. The van der Waals surface area contributed by atoms with Gasteiger partial charge in [0, 0.05) is 23.9 Å². The quantitative estimate of drug-likeness (QED) is 0.216. The van der Waals surface area contributed by atoms with Crippen molar-refractivity contribution in [2.45, 2.75) is 92.5 Å². The molecule has 0 radical (unpaired) electrons. The highest BCUT2D eigenvalue weighted by atomic mass is 16.5. The predicted molar refractivity (Wildman–Crippen MR) is 169 cm³/mol. The zero-order valence-corrected chi connectivity index (χ0v) is 26.1. The summed E-state index contributed by atoms with van der Waals surface area (Å²) in [6.45, 7) is 16.6. The fourth-order valence-electron chi connectivity index (χ4n) is 4.74. The molecule has 0 fully saturated rings. The van der Waals surface area contributed by atoms with Crippen LogP contribution in [0.25, 0.3) is 6.08 Å². The number of aryl methyl sites for hydroxylation is 1. The molecule has 1 aromatic heterocycles. The van der Waals surface area contributed by atoms with E-state index in [1.807, 2.05) is 44.2 Å². The molecule has 41 heavy (non-hydrogen) atoms. The largest absolute Gasteiger partial charge is 0.494 e. The second-order valence-corrected chi connectivity index (χ2v) is 11.6. The molecule has 1 amide bonds. The summed E-state index contributed by atoms with van der Waals surface area (Å²) >= 11 is 0. The Labute approximate surface area is 245 Å². The molecule has 3 aromatic rings. The smallest absolute Gasteiger partial charge is 0.251 e. The van der Waals surface area contributed by atoms with Gasteiger partial charge >= 0.3 is 0 Å². The van der Waals surface area contributed by atoms with Crippen LogP contribution in [0.1, 0.15) is 89.5 Å². The van der Waals surface area contributed by atoms with Gasteiger partial charge in [-0.15, -0.1) is 0 Å². The lowest BCUT2D eigenvalue weighted by Crippen LogP contribution is -2.20. The fraction of sp³-hybridized carbons (Fsp3) is 0.441. The summed E-state index contributed by atoms with van der Waals surface area (Å²) in [7, 11) is 1.62. The van der Waals surface area contributed by atoms with E-state index in [0.717, 1.165) is 47.9 Å². The topological polar surface area (TPSA) is 85.4 Å².